The van der Waals surface area contributed by atoms with E-state index in [0.29, 0.717) is 5.69 Å². The number of nitrogens with one attached hydrogen (secondary N) is 1. The normalized spacial score (nSPS) is 10.8. The smallest absolute Gasteiger partial charge is 0.311 e. The molecule has 2 aromatic rings. The molecule has 0 unspecified atom stereocenters. The molecule has 17 heavy (non-hydrogen) atoms. The molecule has 1 aromatic heterocycles. The summed E-state index contributed by atoms with van der Waals surface area (Å²) in [6.45, 7) is 3.89. The SMILES string of the molecule is CC(C)Nc1c([N+](=O)[O-])cnc2ccccc12. The van der Waals surface area contributed by atoms with Gasteiger partial charge in [-0.25, -0.2) is 4.98 Å². The fourth-order valence-electron chi connectivity index (χ4n) is 1.71. The summed E-state index contributed by atoms with van der Waals surface area (Å²) in [5.41, 5.74) is 1.30. The third-order valence-corrected chi connectivity index (χ3v) is 2.39. The van der Waals surface area contributed by atoms with Gasteiger partial charge in [-0.05, 0) is 19.9 Å². The molecule has 0 aliphatic rings. The minimum atomic E-state index is -0.413. The van der Waals surface area contributed by atoms with Crippen LogP contribution < -0.4 is 5.32 Å². The number of rotatable bonds is 3. The molecule has 0 saturated heterocycles. The lowest BCUT2D eigenvalue weighted by Crippen LogP contribution is -2.12. The van der Waals surface area contributed by atoms with E-state index < -0.39 is 4.92 Å². The highest BCUT2D eigenvalue weighted by atomic mass is 16.6. The third kappa shape index (κ3) is 2.18. The molecule has 1 heterocycles. The Hall–Kier alpha value is -2.17. The van der Waals surface area contributed by atoms with Crippen LogP contribution in [0.25, 0.3) is 10.9 Å². The van der Waals surface area contributed by atoms with E-state index in [0.717, 1.165) is 10.9 Å². The highest BCUT2D eigenvalue weighted by Crippen LogP contribution is 2.31. The maximum Gasteiger partial charge on any atom is 0.311 e. The highest BCUT2D eigenvalue weighted by molar-refractivity contribution is 5.95. The van der Waals surface area contributed by atoms with Gasteiger partial charge in [0.15, 0.2) is 0 Å². The number of hydrogen-bond donors (Lipinski definition) is 1. The fourth-order valence-corrected chi connectivity index (χ4v) is 1.71. The Morgan fingerprint density at radius 1 is 1.35 bits per heavy atom. The van der Waals surface area contributed by atoms with Crippen molar-refractivity contribution in [2.45, 2.75) is 19.9 Å². The fraction of sp³-hybridized carbons (Fsp3) is 0.250. The number of fused-ring (bicyclic) bond motifs is 1. The topological polar surface area (TPSA) is 68.1 Å². The van der Waals surface area contributed by atoms with Gasteiger partial charge in [0.05, 0.1) is 10.4 Å². The van der Waals surface area contributed by atoms with Crippen molar-refractivity contribution < 1.29 is 4.92 Å². The summed E-state index contributed by atoms with van der Waals surface area (Å²) in [6, 6.07) is 7.50. The lowest BCUT2D eigenvalue weighted by Gasteiger charge is -2.12. The number of nitrogens with zero attached hydrogens (tertiary/aromatic N) is 2. The molecular weight excluding hydrogens is 218 g/mol. The molecule has 0 radical (unpaired) electrons. The first-order chi connectivity index (χ1) is 8.09. The number of benzene rings is 1. The van der Waals surface area contributed by atoms with Gasteiger partial charge in [0.2, 0.25) is 0 Å². The zero-order valence-corrected chi connectivity index (χ0v) is 9.68. The Morgan fingerprint density at radius 2 is 2.06 bits per heavy atom. The quantitative estimate of drug-likeness (QED) is 0.651. The van der Waals surface area contributed by atoms with Gasteiger partial charge in [-0.1, -0.05) is 18.2 Å². The maximum absolute atomic E-state index is 11.0. The molecule has 0 fully saturated rings. The van der Waals surface area contributed by atoms with Crippen LogP contribution in [0.1, 0.15) is 13.8 Å². The van der Waals surface area contributed by atoms with Crippen LogP contribution in [-0.2, 0) is 0 Å². The van der Waals surface area contributed by atoms with E-state index >= 15 is 0 Å². The number of pyridine rings is 1. The number of para-hydroxylation sites is 1. The highest BCUT2D eigenvalue weighted by Gasteiger charge is 2.18. The molecule has 88 valence electrons. The van der Waals surface area contributed by atoms with Gasteiger partial charge < -0.3 is 5.32 Å². The van der Waals surface area contributed by atoms with Crippen LogP contribution in [0.5, 0.6) is 0 Å². The standard InChI is InChI=1S/C12H13N3O2/c1-8(2)14-12-9-5-3-4-6-10(9)13-7-11(12)15(16)17/h3-8H,1-2H3,(H,13,14). The van der Waals surface area contributed by atoms with Crippen LogP contribution in [0.3, 0.4) is 0 Å². The van der Waals surface area contributed by atoms with Crippen molar-refractivity contribution >= 4 is 22.3 Å². The first-order valence-corrected chi connectivity index (χ1v) is 5.38. The third-order valence-electron chi connectivity index (χ3n) is 2.39. The second kappa shape index (κ2) is 4.37. The van der Waals surface area contributed by atoms with E-state index in [4.69, 9.17) is 0 Å². The van der Waals surface area contributed by atoms with Crippen molar-refractivity contribution in [2.75, 3.05) is 5.32 Å². The molecule has 5 nitrogen and oxygen atoms in total. The van der Waals surface area contributed by atoms with Gasteiger partial charge >= 0.3 is 5.69 Å². The zero-order valence-electron chi connectivity index (χ0n) is 9.68. The van der Waals surface area contributed by atoms with E-state index in [1.807, 2.05) is 38.1 Å². The second-order valence-corrected chi connectivity index (χ2v) is 4.09. The molecule has 1 aromatic carbocycles. The second-order valence-electron chi connectivity index (χ2n) is 4.09. The first-order valence-electron chi connectivity index (χ1n) is 5.38. The monoisotopic (exact) mass is 231 g/mol. The van der Waals surface area contributed by atoms with Crippen LogP contribution in [0.15, 0.2) is 30.5 Å². The Bertz CT molecular complexity index is 567. The number of aromatic nitrogens is 1. The molecule has 0 atom stereocenters. The number of anilines is 1. The molecule has 0 saturated carbocycles. The lowest BCUT2D eigenvalue weighted by molar-refractivity contribution is -0.384. The van der Waals surface area contributed by atoms with Crippen molar-refractivity contribution in [2.24, 2.45) is 0 Å². The zero-order chi connectivity index (χ0) is 12.4. The van der Waals surface area contributed by atoms with Crippen LogP contribution >= 0.6 is 0 Å². The van der Waals surface area contributed by atoms with Gasteiger partial charge in [0.25, 0.3) is 0 Å². The van der Waals surface area contributed by atoms with Gasteiger partial charge in [-0.15, -0.1) is 0 Å². The Morgan fingerprint density at radius 3 is 2.71 bits per heavy atom. The summed E-state index contributed by atoms with van der Waals surface area (Å²) in [5, 5.41) is 14.9. The predicted molar refractivity (Wildman–Crippen MR) is 67.2 cm³/mol. The Labute approximate surface area is 98.6 Å². The largest absolute Gasteiger partial charge is 0.377 e. The van der Waals surface area contributed by atoms with E-state index in [9.17, 15) is 10.1 Å². The summed E-state index contributed by atoms with van der Waals surface area (Å²) in [5.74, 6) is 0. The average molecular weight is 231 g/mol. The van der Waals surface area contributed by atoms with E-state index in [1.165, 1.54) is 6.20 Å². The molecule has 0 aliphatic carbocycles. The summed E-state index contributed by atoms with van der Waals surface area (Å²) in [4.78, 5) is 14.6. The maximum atomic E-state index is 11.0. The van der Waals surface area contributed by atoms with E-state index in [-0.39, 0.29) is 11.7 Å². The Kier molecular flexibility index (Phi) is 2.91. The van der Waals surface area contributed by atoms with Crippen LogP contribution in [-0.4, -0.2) is 15.9 Å². The van der Waals surface area contributed by atoms with Gasteiger partial charge in [-0.2, -0.15) is 0 Å². The molecule has 0 aliphatic heterocycles. The summed E-state index contributed by atoms with van der Waals surface area (Å²) in [7, 11) is 0. The number of hydrogen-bond acceptors (Lipinski definition) is 4. The summed E-state index contributed by atoms with van der Waals surface area (Å²) >= 11 is 0. The number of nitro groups is 1. The van der Waals surface area contributed by atoms with Crippen molar-refractivity contribution in [3.8, 4) is 0 Å². The summed E-state index contributed by atoms with van der Waals surface area (Å²) in [6.07, 6.45) is 1.30. The minimum Gasteiger partial charge on any atom is -0.377 e. The van der Waals surface area contributed by atoms with E-state index in [2.05, 4.69) is 10.3 Å². The van der Waals surface area contributed by atoms with Crippen molar-refractivity contribution in [1.82, 2.24) is 4.98 Å². The van der Waals surface area contributed by atoms with Gasteiger partial charge in [0, 0.05) is 11.4 Å². The molecule has 1 N–H and O–H groups in total. The molecule has 0 bridgehead atoms. The van der Waals surface area contributed by atoms with Crippen molar-refractivity contribution in [3.05, 3.63) is 40.6 Å². The molecule has 2 rings (SSSR count). The van der Waals surface area contributed by atoms with Crippen LogP contribution in [0.4, 0.5) is 11.4 Å². The summed E-state index contributed by atoms with van der Waals surface area (Å²) < 4.78 is 0. The van der Waals surface area contributed by atoms with Gasteiger partial charge in [-0.3, -0.25) is 10.1 Å². The van der Waals surface area contributed by atoms with Crippen LogP contribution in [0.2, 0.25) is 0 Å². The van der Waals surface area contributed by atoms with Crippen molar-refractivity contribution in [3.63, 3.8) is 0 Å². The molecular formula is C12H13N3O2. The molecule has 0 spiro atoms. The van der Waals surface area contributed by atoms with Crippen LogP contribution in [0, 0.1) is 10.1 Å². The average Bonchev–Trinajstić information content (AvgIpc) is 2.28. The minimum absolute atomic E-state index is 0.0115. The predicted octanol–water partition coefficient (Wildman–Crippen LogP) is 2.96. The molecule has 5 heteroatoms. The lowest BCUT2D eigenvalue weighted by atomic mass is 10.1. The first kappa shape index (κ1) is 11.3. The van der Waals surface area contributed by atoms with E-state index in [1.54, 1.807) is 0 Å². The van der Waals surface area contributed by atoms with Crippen molar-refractivity contribution in [1.29, 1.82) is 0 Å². The molecule has 0 amide bonds. The van der Waals surface area contributed by atoms with Gasteiger partial charge in [0.1, 0.15) is 11.9 Å². The Balaban J connectivity index is 2.70.